The minimum Gasteiger partial charge on any atom is -0.290 e. The molecule has 0 fully saturated rings. The first-order valence-electron chi connectivity index (χ1n) is 3.75. The van der Waals surface area contributed by atoms with E-state index in [0.717, 1.165) is 11.1 Å². The Morgan fingerprint density at radius 2 is 1.75 bits per heavy atom. The van der Waals surface area contributed by atoms with Gasteiger partial charge in [-0.05, 0) is 44.1 Å². The highest BCUT2D eigenvalue weighted by molar-refractivity contribution is 6.02. The van der Waals surface area contributed by atoms with Crippen molar-refractivity contribution in [2.24, 2.45) is 0 Å². The number of carbonyl (C=O) groups excluding carboxylic acids is 1. The molecule has 0 bridgehead atoms. The van der Waals surface area contributed by atoms with Crippen LogP contribution in [0.4, 0.5) is 0 Å². The van der Waals surface area contributed by atoms with E-state index in [-0.39, 0.29) is 5.78 Å². The summed E-state index contributed by atoms with van der Waals surface area (Å²) < 4.78 is 0. The van der Waals surface area contributed by atoms with Crippen LogP contribution in [0.1, 0.15) is 20.8 Å². The summed E-state index contributed by atoms with van der Waals surface area (Å²) in [7, 11) is 0. The van der Waals surface area contributed by atoms with Gasteiger partial charge in [-0.25, -0.2) is 4.89 Å². The summed E-state index contributed by atoms with van der Waals surface area (Å²) in [6, 6.07) is 0. The Morgan fingerprint density at radius 1 is 1.33 bits per heavy atom. The Bertz CT molecular complexity index is 251. The molecule has 3 heteroatoms. The van der Waals surface area contributed by atoms with Crippen molar-refractivity contribution in [3.05, 3.63) is 23.3 Å². The summed E-state index contributed by atoms with van der Waals surface area (Å²) in [5, 5.41) is 8.68. The minimum atomic E-state index is -0.825. The molecule has 0 radical (unpaired) electrons. The number of hydrogen-bond acceptors (Lipinski definition) is 3. The standard InChI is InChI=1S/C9H12O3/c1-6-4-8(10)5-7(2)9(6,3)12-11/h4-5,11H,1-3H3. The lowest BCUT2D eigenvalue weighted by molar-refractivity contribution is -0.294. The molecular weight excluding hydrogens is 156 g/mol. The van der Waals surface area contributed by atoms with E-state index >= 15 is 0 Å². The highest BCUT2D eigenvalue weighted by Crippen LogP contribution is 2.31. The van der Waals surface area contributed by atoms with Gasteiger partial charge in [0, 0.05) is 0 Å². The van der Waals surface area contributed by atoms with Crippen LogP contribution in [0.2, 0.25) is 0 Å². The molecule has 1 rings (SSSR count). The molecule has 0 aliphatic heterocycles. The summed E-state index contributed by atoms with van der Waals surface area (Å²) in [4.78, 5) is 15.4. The number of ketones is 1. The molecule has 0 saturated heterocycles. The lowest BCUT2D eigenvalue weighted by atomic mass is 9.84. The molecule has 0 unspecified atom stereocenters. The van der Waals surface area contributed by atoms with Crippen molar-refractivity contribution in [3.8, 4) is 0 Å². The zero-order chi connectivity index (χ0) is 9.35. The fraction of sp³-hybridized carbons (Fsp3) is 0.444. The largest absolute Gasteiger partial charge is 0.290 e. The van der Waals surface area contributed by atoms with E-state index in [1.807, 2.05) is 0 Å². The van der Waals surface area contributed by atoms with Crippen LogP contribution >= 0.6 is 0 Å². The second-order valence-corrected chi connectivity index (χ2v) is 3.18. The highest BCUT2D eigenvalue weighted by atomic mass is 17.1. The van der Waals surface area contributed by atoms with E-state index in [4.69, 9.17) is 5.26 Å². The van der Waals surface area contributed by atoms with Crippen molar-refractivity contribution in [1.82, 2.24) is 0 Å². The molecule has 0 aromatic rings. The van der Waals surface area contributed by atoms with Gasteiger partial charge in [-0.1, -0.05) is 0 Å². The quantitative estimate of drug-likeness (QED) is 0.479. The Morgan fingerprint density at radius 3 is 2.08 bits per heavy atom. The van der Waals surface area contributed by atoms with Gasteiger partial charge in [0.05, 0.1) is 0 Å². The molecular formula is C9H12O3. The molecule has 0 aromatic heterocycles. The minimum absolute atomic E-state index is 0.0560. The maximum Gasteiger partial charge on any atom is 0.178 e. The number of rotatable bonds is 1. The molecule has 0 heterocycles. The van der Waals surface area contributed by atoms with Gasteiger partial charge in [0.2, 0.25) is 0 Å². The van der Waals surface area contributed by atoms with E-state index in [0.29, 0.717) is 0 Å². The Kier molecular flexibility index (Phi) is 2.17. The average Bonchev–Trinajstić information content (AvgIpc) is 2.00. The topological polar surface area (TPSA) is 46.5 Å². The highest BCUT2D eigenvalue weighted by Gasteiger charge is 2.33. The summed E-state index contributed by atoms with van der Waals surface area (Å²) in [5.74, 6) is -0.0560. The first-order valence-corrected chi connectivity index (χ1v) is 3.75. The zero-order valence-corrected chi connectivity index (χ0v) is 7.42. The molecule has 0 spiro atoms. The summed E-state index contributed by atoms with van der Waals surface area (Å²) in [6.45, 7) is 5.23. The number of hydrogen-bond donors (Lipinski definition) is 1. The van der Waals surface area contributed by atoms with Gasteiger partial charge in [0.15, 0.2) is 5.78 Å². The van der Waals surface area contributed by atoms with E-state index in [9.17, 15) is 4.79 Å². The van der Waals surface area contributed by atoms with Gasteiger partial charge < -0.3 is 0 Å². The molecule has 0 atom stereocenters. The van der Waals surface area contributed by atoms with Crippen LogP contribution in [0.5, 0.6) is 0 Å². The number of carbonyl (C=O) groups is 1. The third-order valence-electron chi connectivity index (χ3n) is 2.41. The second kappa shape index (κ2) is 2.84. The summed E-state index contributed by atoms with van der Waals surface area (Å²) in [5.41, 5.74) is 0.610. The fourth-order valence-electron chi connectivity index (χ4n) is 1.20. The zero-order valence-electron chi connectivity index (χ0n) is 7.42. The molecule has 1 N–H and O–H groups in total. The third-order valence-corrected chi connectivity index (χ3v) is 2.41. The SMILES string of the molecule is CC1=CC(=O)C=C(C)C1(C)OO. The molecule has 0 saturated carbocycles. The van der Waals surface area contributed by atoms with Gasteiger partial charge >= 0.3 is 0 Å². The van der Waals surface area contributed by atoms with Crippen molar-refractivity contribution >= 4 is 5.78 Å². The van der Waals surface area contributed by atoms with Crippen molar-refractivity contribution in [2.75, 3.05) is 0 Å². The van der Waals surface area contributed by atoms with Crippen molar-refractivity contribution in [3.63, 3.8) is 0 Å². The molecule has 12 heavy (non-hydrogen) atoms. The maximum atomic E-state index is 11.0. The molecule has 1 aliphatic carbocycles. The maximum absolute atomic E-state index is 11.0. The lowest BCUT2D eigenvalue weighted by Crippen LogP contribution is -2.33. The van der Waals surface area contributed by atoms with Crippen molar-refractivity contribution in [1.29, 1.82) is 0 Å². The molecule has 66 valence electrons. The first kappa shape index (κ1) is 9.16. The van der Waals surface area contributed by atoms with Gasteiger partial charge in [0.25, 0.3) is 0 Å². The Labute approximate surface area is 71.3 Å². The first-order chi connectivity index (χ1) is 5.50. The van der Waals surface area contributed by atoms with E-state index in [1.54, 1.807) is 20.8 Å². The monoisotopic (exact) mass is 168 g/mol. The van der Waals surface area contributed by atoms with Crippen LogP contribution in [0.15, 0.2) is 23.3 Å². The van der Waals surface area contributed by atoms with Crippen LogP contribution < -0.4 is 0 Å². The van der Waals surface area contributed by atoms with Crippen molar-refractivity contribution < 1.29 is 14.9 Å². The normalized spacial score (nSPS) is 21.8. The van der Waals surface area contributed by atoms with Crippen LogP contribution in [0, 0.1) is 0 Å². The Hall–Kier alpha value is -0.930. The van der Waals surface area contributed by atoms with Gasteiger partial charge in [-0.2, -0.15) is 0 Å². The summed E-state index contributed by atoms with van der Waals surface area (Å²) in [6.07, 6.45) is 2.92. The van der Waals surface area contributed by atoms with Gasteiger partial charge in [0.1, 0.15) is 5.60 Å². The van der Waals surface area contributed by atoms with Gasteiger partial charge in [-0.3, -0.25) is 10.1 Å². The van der Waals surface area contributed by atoms with Crippen LogP contribution in [-0.2, 0) is 9.68 Å². The van der Waals surface area contributed by atoms with E-state index in [1.165, 1.54) is 12.2 Å². The fourth-order valence-corrected chi connectivity index (χ4v) is 1.20. The van der Waals surface area contributed by atoms with Crippen molar-refractivity contribution in [2.45, 2.75) is 26.4 Å². The van der Waals surface area contributed by atoms with Crippen LogP contribution in [-0.4, -0.2) is 16.6 Å². The predicted octanol–water partition coefficient (Wildman–Crippen LogP) is 1.71. The average molecular weight is 168 g/mol. The molecule has 0 amide bonds. The molecule has 0 aromatic carbocycles. The molecule has 1 aliphatic rings. The summed E-state index contributed by atoms with van der Waals surface area (Å²) >= 11 is 0. The second-order valence-electron chi connectivity index (χ2n) is 3.18. The van der Waals surface area contributed by atoms with Crippen LogP contribution in [0.25, 0.3) is 0 Å². The van der Waals surface area contributed by atoms with E-state index < -0.39 is 5.60 Å². The lowest BCUT2D eigenvalue weighted by Gasteiger charge is -2.30. The number of allylic oxidation sites excluding steroid dienone is 2. The molecule has 3 nitrogen and oxygen atoms in total. The van der Waals surface area contributed by atoms with Gasteiger partial charge in [-0.15, -0.1) is 0 Å². The Balaban J connectivity index is 3.11. The third kappa shape index (κ3) is 1.21. The van der Waals surface area contributed by atoms with Crippen LogP contribution in [0.3, 0.4) is 0 Å². The smallest absolute Gasteiger partial charge is 0.178 e. The van der Waals surface area contributed by atoms with E-state index in [2.05, 4.69) is 4.89 Å². The predicted molar refractivity (Wildman–Crippen MR) is 44.6 cm³/mol.